The smallest absolute Gasteiger partial charge is 0.343 e. The van der Waals surface area contributed by atoms with Crippen molar-refractivity contribution in [2.24, 2.45) is 5.10 Å². The molecule has 0 spiro atoms. The third-order valence-electron chi connectivity index (χ3n) is 3.09. The first-order valence-electron chi connectivity index (χ1n) is 7.46. The van der Waals surface area contributed by atoms with E-state index in [1.807, 2.05) is 13.8 Å². The van der Waals surface area contributed by atoms with Crippen LogP contribution in [0.15, 0.2) is 23.4 Å². The Bertz CT molecular complexity index is 789. The quantitative estimate of drug-likeness (QED) is 0.595. The summed E-state index contributed by atoms with van der Waals surface area (Å²) in [7, 11) is 1.28. The Morgan fingerprint density at radius 3 is 2.72 bits per heavy atom. The van der Waals surface area contributed by atoms with Gasteiger partial charge in [-0.3, -0.25) is 0 Å². The molecule has 1 heterocycles. The Kier molecular flexibility index (Phi) is 6.24. The molecule has 0 amide bonds. The second kappa shape index (κ2) is 8.39. The van der Waals surface area contributed by atoms with Gasteiger partial charge in [0.15, 0.2) is 18.1 Å². The molecule has 2 aromatic rings. The van der Waals surface area contributed by atoms with E-state index >= 15 is 0 Å². The fourth-order valence-electron chi connectivity index (χ4n) is 1.95. The molecule has 134 valence electrons. The van der Waals surface area contributed by atoms with Crippen LogP contribution in [0.5, 0.6) is 11.5 Å². The van der Waals surface area contributed by atoms with E-state index < -0.39 is 5.97 Å². The first-order valence-corrected chi connectivity index (χ1v) is 7.84. The number of methoxy groups -OCH3 is 1. The van der Waals surface area contributed by atoms with Gasteiger partial charge in [0.1, 0.15) is 0 Å². The van der Waals surface area contributed by atoms with E-state index in [-0.39, 0.29) is 12.6 Å². The fourth-order valence-corrected chi connectivity index (χ4v) is 2.15. The average molecular weight is 367 g/mol. The number of carbonyl (C=O) groups is 1. The van der Waals surface area contributed by atoms with Gasteiger partial charge < -0.3 is 19.9 Å². The molecule has 0 bridgehead atoms. The van der Waals surface area contributed by atoms with Gasteiger partial charge in [-0.2, -0.15) is 5.10 Å². The van der Waals surface area contributed by atoms with Crippen molar-refractivity contribution in [2.75, 3.05) is 26.1 Å². The summed E-state index contributed by atoms with van der Waals surface area (Å²) in [5.74, 6) is 0.544. The van der Waals surface area contributed by atoms with Crippen LogP contribution in [0, 0.1) is 6.92 Å². The number of rotatable bonds is 7. The average Bonchev–Trinajstić information content (AvgIpc) is 2.90. The molecule has 0 radical (unpaired) electrons. The molecular weight excluding hydrogens is 348 g/mol. The van der Waals surface area contributed by atoms with Crippen molar-refractivity contribution in [3.05, 3.63) is 34.6 Å². The highest BCUT2D eigenvalue weighted by atomic mass is 35.5. The topological polar surface area (TPSA) is 101 Å². The van der Waals surface area contributed by atoms with Gasteiger partial charge in [0.25, 0.3) is 0 Å². The molecule has 0 unspecified atom stereocenters. The number of nitrogens with zero attached hydrogens (tertiary/aromatic N) is 3. The number of halogens is 1. The summed E-state index contributed by atoms with van der Waals surface area (Å²) in [6.45, 7) is 3.82. The molecule has 2 N–H and O–H groups in total. The largest absolute Gasteiger partial charge is 0.490 e. The second-order valence-corrected chi connectivity index (χ2v) is 5.36. The number of aromatic nitrogens is 2. The molecule has 25 heavy (non-hydrogen) atoms. The number of anilines is 1. The molecule has 1 aromatic heterocycles. The molecule has 0 aliphatic carbocycles. The van der Waals surface area contributed by atoms with Crippen molar-refractivity contribution < 1.29 is 19.0 Å². The summed E-state index contributed by atoms with van der Waals surface area (Å²) in [5, 5.41) is 4.60. The van der Waals surface area contributed by atoms with E-state index in [4.69, 9.17) is 26.8 Å². The maximum atomic E-state index is 11.2. The molecule has 0 saturated heterocycles. The molecule has 2 rings (SSSR count). The van der Waals surface area contributed by atoms with E-state index in [1.165, 1.54) is 18.0 Å². The monoisotopic (exact) mass is 366 g/mol. The van der Waals surface area contributed by atoms with Crippen molar-refractivity contribution in [1.82, 2.24) is 9.66 Å². The van der Waals surface area contributed by atoms with Gasteiger partial charge in [0.05, 0.1) is 36.8 Å². The molecule has 0 saturated carbocycles. The summed E-state index contributed by atoms with van der Waals surface area (Å²) in [6, 6.07) is 3.22. The first kappa shape index (κ1) is 18.6. The third-order valence-corrected chi connectivity index (χ3v) is 3.42. The Labute approximate surface area is 150 Å². The Morgan fingerprint density at radius 2 is 2.12 bits per heavy atom. The summed E-state index contributed by atoms with van der Waals surface area (Å²) in [5.41, 5.74) is 7.09. The highest BCUT2D eigenvalue weighted by Crippen LogP contribution is 2.33. The highest BCUT2D eigenvalue weighted by Gasteiger charge is 2.12. The SMILES string of the molecule is CCOc1cc(C=Nn2cc(C)nc2N)c(Cl)cc1OCC(=O)OC. The fraction of sp³-hybridized carbons (Fsp3) is 0.312. The molecule has 0 aliphatic heterocycles. The van der Waals surface area contributed by atoms with Crippen LogP contribution in [-0.4, -0.2) is 42.2 Å². The standard InChI is InChI=1S/C16H19ClN4O4/c1-4-24-13-5-11(7-19-21-8-10(2)20-16(21)18)12(17)6-14(13)25-9-15(22)23-3/h5-8H,4,9H2,1-3H3,(H2,18,20). The van der Waals surface area contributed by atoms with Crippen molar-refractivity contribution >= 4 is 29.7 Å². The molecule has 0 fully saturated rings. The van der Waals surface area contributed by atoms with E-state index in [1.54, 1.807) is 18.3 Å². The zero-order chi connectivity index (χ0) is 18.4. The van der Waals surface area contributed by atoms with Crippen LogP contribution < -0.4 is 15.2 Å². The van der Waals surface area contributed by atoms with Crippen LogP contribution in [0.4, 0.5) is 5.95 Å². The lowest BCUT2D eigenvalue weighted by Crippen LogP contribution is -2.13. The summed E-state index contributed by atoms with van der Waals surface area (Å²) < 4.78 is 16.9. The highest BCUT2D eigenvalue weighted by molar-refractivity contribution is 6.33. The van der Waals surface area contributed by atoms with Gasteiger partial charge in [-0.05, 0) is 19.9 Å². The van der Waals surface area contributed by atoms with Crippen LogP contribution in [0.3, 0.4) is 0 Å². The van der Waals surface area contributed by atoms with E-state index in [0.717, 1.165) is 5.69 Å². The van der Waals surface area contributed by atoms with Gasteiger partial charge in [0.2, 0.25) is 5.95 Å². The van der Waals surface area contributed by atoms with Gasteiger partial charge in [0, 0.05) is 11.6 Å². The van der Waals surface area contributed by atoms with Gasteiger partial charge in [-0.1, -0.05) is 11.6 Å². The van der Waals surface area contributed by atoms with Gasteiger partial charge in [-0.25, -0.2) is 14.5 Å². The van der Waals surface area contributed by atoms with E-state index in [0.29, 0.717) is 28.7 Å². The predicted octanol–water partition coefficient (Wildman–Crippen LogP) is 2.26. The number of aryl methyl sites for hydroxylation is 1. The number of hydrogen-bond donors (Lipinski definition) is 1. The molecule has 9 heteroatoms. The van der Waals surface area contributed by atoms with Crippen molar-refractivity contribution in [1.29, 1.82) is 0 Å². The number of esters is 1. The maximum absolute atomic E-state index is 11.2. The number of carbonyl (C=O) groups excluding carboxylic acids is 1. The van der Waals surface area contributed by atoms with E-state index in [2.05, 4.69) is 14.8 Å². The maximum Gasteiger partial charge on any atom is 0.343 e. The van der Waals surface area contributed by atoms with Crippen LogP contribution >= 0.6 is 11.6 Å². The number of imidazole rings is 1. The zero-order valence-electron chi connectivity index (χ0n) is 14.2. The van der Waals surface area contributed by atoms with Crippen LogP contribution in [-0.2, 0) is 9.53 Å². The zero-order valence-corrected chi connectivity index (χ0v) is 14.9. The molecular formula is C16H19ClN4O4. The van der Waals surface area contributed by atoms with Crippen molar-refractivity contribution in [3.63, 3.8) is 0 Å². The predicted molar refractivity (Wildman–Crippen MR) is 94.5 cm³/mol. The molecule has 8 nitrogen and oxygen atoms in total. The summed E-state index contributed by atoms with van der Waals surface area (Å²) in [4.78, 5) is 15.3. The minimum Gasteiger partial charge on any atom is -0.490 e. The lowest BCUT2D eigenvalue weighted by molar-refractivity contribution is -0.142. The number of nitrogens with two attached hydrogens (primary N) is 1. The number of ether oxygens (including phenoxy) is 3. The van der Waals surface area contributed by atoms with E-state index in [9.17, 15) is 4.79 Å². The third kappa shape index (κ3) is 4.87. The van der Waals surface area contributed by atoms with Gasteiger partial charge in [-0.15, -0.1) is 0 Å². The first-order chi connectivity index (χ1) is 11.9. The molecule has 1 aromatic carbocycles. The van der Waals surface area contributed by atoms with Crippen LogP contribution in [0.2, 0.25) is 5.02 Å². The normalized spacial score (nSPS) is 10.9. The summed E-state index contributed by atoms with van der Waals surface area (Å²) in [6.07, 6.45) is 3.23. The minimum absolute atomic E-state index is 0.245. The number of hydrogen-bond acceptors (Lipinski definition) is 7. The number of benzene rings is 1. The minimum atomic E-state index is -0.504. The Hall–Kier alpha value is -2.74. The lowest BCUT2D eigenvalue weighted by atomic mass is 10.2. The molecule has 0 atom stereocenters. The van der Waals surface area contributed by atoms with Gasteiger partial charge >= 0.3 is 5.97 Å². The Balaban J connectivity index is 2.28. The second-order valence-electron chi connectivity index (χ2n) is 4.95. The van der Waals surface area contributed by atoms with Crippen molar-refractivity contribution in [3.8, 4) is 11.5 Å². The van der Waals surface area contributed by atoms with Crippen LogP contribution in [0.1, 0.15) is 18.2 Å². The van der Waals surface area contributed by atoms with Crippen LogP contribution in [0.25, 0.3) is 0 Å². The van der Waals surface area contributed by atoms with Crippen molar-refractivity contribution in [2.45, 2.75) is 13.8 Å². The lowest BCUT2D eigenvalue weighted by Gasteiger charge is -2.13. The Morgan fingerprint density at radius 1 is 1.40 bits per heavy atom. The number of nitrogen functional groups attached to an aromatic ring is 1. The molecule has 0 aliphatic rings. The summed E-state index contributed by atoms with van der Waals surface area (Å²) >= 11 is 6.26.